The molecule has 1 saturated heterocycles. The van der Waals surface area contributed by atoms with Gasteiger partial charge in [0.2, 0.25) is 11.8 Å². The molecule has 0 bridgehead atoms. The van der Waals surface area contributed by atoms with Crippen molar-refractivity contribution < 1.29 is 9.59 Å². The number of nitrogens with two attached hydrogens (primary N) is 1. The summed E-state index contributed by atoms with van der Waals surface area (Å²) < 4.78 is 0. The highest BCUT2D eigenvalue weighted by Gasteiger charge is 2.37. The number of rotatable bonds is 2. The zero-order valence-corrected chi connectivity index (χ0v) is 13.0. The van der Waals surface area contributed by atoms with Gasteiger partial charge in [-0.25, -0.2) is 0 Å². The normalized spacial score (nSPS) is 28.0. The second-order valence-corrected chi connectivity index (χ2v) is 6.51. The topological polar surface area (TPSA) is 76.3 Å². The number of pyridine rings is 1. The number of carbonyl (C=O) groups excluding carboxylic acids is 2. The quantitative estimate of drug-likeness (QED) is 0.901. The standard InChI is InChI=1S/C17H23N3O2/c1-11-7-8-13(16(18)21)10-20(11)17(22)14-6-2-4-12-5-3-9-19-15(12)14/h3,5,9,11,13-14H,2,4,6-8,10H2,1H3,(H2,18,21)/t11-,13-,14+/m1/s1. The molecule has 22 heavy (non-hydrogen) atoms. The van der Waals surface area contributed by atoms with E-state index in [1.807, 2.05) is 11.0 Å². The molecule has 0 radical (unpaired) electrons. The Balaban J connectivity index is 1.83. The van der Waals surface area contributed by atoms with Gasteiger partial charge in [-0.2, -0.15) is 0 Å². The Morgan fingerprint density at radius 2 is 2.14 bits per heavy atom. The summed E-state index contributed by atoms with van der Waals surface area (Å²) in [6, 6.07) is 4.16. The van der Waals surface area contributed by atoms with E-state index in [1.165, 1.54) is 5.56 Å². The fourth-order valence-electron chi connectivity index (χ4n) is 3.70. The first-order chi connectivity index (χ1) is 10.6. The van der Waals surface area contributed by atoms with Crippen molar-refractivity contribution in [2.24, 2.45) is 11.7 Å². The second kappa shape index (κ2) is 6.07. The summed E-state index contributed by atoms with van der Waals surface area (Å²) in [7, 11) is 0. The first-order valence-electron chi connectivity index (χ1n) is 8.11. The first kappa shape index (κ1) is 15.0. The monoisotopic (exact) mass is 301 g/mol. The fraction of sp³-hybridized carbons (Fsp3) is 0.588. The third kappa shape index (κ3) is 2.72. The fourth-order valence-corrected chi connectivity index (χ4v) is 3.70. The summed E-state index contributed by atoms with van der Waals surface area (Å²) in [4.78, 5) is 30.8. The molecule has 1 aromatic rings. The molecule has 1 aromatic heterocycles. The summed E-state index contributed by atoms with van der Waals surface area (Å²) in [6.07, 6.45) is 6.22. The molecule has 5 heteroatoms. The molecule has 2 amide bonds. The van der Waals surface area contributed by atoms with Gasteiger partial charge in [0.05, 0.1) is 17.5 Å². The number of fused-ring (bicyclic) bond motifs is 1. The lowest BCUT2D eigenvalue weighted by atomic mass is 9.84. The number of amides is 2. The summed E-state index contributed by atoms with van der Waals surface area (Å²) >= 11 is 0. The van der Waals surface area contributed by atoms with Gasteiger partial charge in [-0.15, -0.1) is 0 Å². The van der Waals surface area contributed by atoms with Crippen LogP contribution < -0.4 is 5.73 Å². The van der Waals surface area contributed by atoms with Gasteiger partial charge in [-0.3, -0.25) is 14.6 Å². The van der Waals surface area contributed by atoms with Crippen LogP contribution in [0.15, 0.2) is 18.3 Å². The molecule has 0 unspecified atom stereocenters. The zero-order valence-electron chi connectivity index (χ0n) is 13.0. The Bertz CT molecular complexity index is 587. The van der Waals surface area contributed by atoms with E-state index in [4.69, 9.17) is 5.73 Å². The maximum atomic E-state index is 13.0. The van der Waals surface area contributed by atoms with Crippen LogP contribution in [-0.2, 0) is 16.0 Å². The molecule has 3 rings (SSSR count). The molecule has 0 saturated carbocycles. The van der Waals surface area contributed by atoms with Crippen LogP contribution in [0.25, 0.3) is 0 Å². The van der Waals surface area contributed by atoms with E-state index in [9.17, 15) is 9.59 Å². The van der Waals surface area contributed by atoms with Crippen LogP contribution in [0.2, 0.25) is 0 Å². The van der Waals surface area contributed by atoms with Crippen molar-refractivity contribution in [1.29, 1.82) is 0 Å². The highest BCUT2D eigenvalue weighted by atomic mass is 16.2. The van der Waals surface area contributed by atoms with Crippen molar-refractivity contribution >= 4 is 11.8 Å². The number of aryl methyl sites for hydroxylation is 1. The third-order valence-electron chi connectivity index (χ3n) is 5.06. The van der Waals surface area contributed by atoms with Crippen LogP contribution in [0.4, 0.5) is 0 Å². The van der Waals surface area contributed by atoms with E-state index in [-0.39, 0.29) is 29.7 Å². The molecular weight excluding hydrogens is 278 g/mol. The van der Waals surface area contributed by atoms with Crippen molar-refractivity contribution in [3.63, 3.8) is 0 Å². The minimum absolute atomic E-state index is 0.109. The van der Waals surface area contributed by atoms with Gasteiger partial charge in [0.1, 0.15) is 0 Å². The molecule has 2 heterocycles. The molecular formula is C17H23N3O2. The van der Waals surface area contributed by atoms with Crippen LogP contribution >= 0.6 is 0 Å². The summed E-state index contributed by atoms with van der Waals surface area (Å²) in [6.45, 7) is 2.51. The molecule has 2 aliphatic rings. The van der Waals surface area contributed by atoms with Gasteiger partial charge in [-0.05, 0) is 50.7 Å². The van der Waals surface area contributed by atoms with Gasteiger partial charge < -0.3 is 10.6 Å². The van der Waals surface area contributed by atoms with E-state index < -0.39 is 0 Å². The van der Waals surface area contributed by atoms with Crippen LogP contribution in [0.5, 0.6) is 0 Å². The molecule has 118 valence electrons. The van der Waals surface area contributed by atoms with Crippen LogP contribution in [0.1, 0.15) is 49.8 Å². The molecule has 1 aliphatic heterocycles. The number of carbonyl (C=O) groups is 2. The number of piperidine rings is 1. The minimum Gasteiger partial charge on any atom is -0.369 e. The third-order valence-corrected chi connectivity index (χ3v) is 5.06. The maximum Gasteiger partial charge on any atom is 0.231 e. The predicted octanol–water partition coefficient (Wildman–Crippen LogP) is 1.61. The Kier molecular flexibility index (Phi) is 4.14. The lowest BCUT2D eigenvalue weighted by molar-refractivity contribution is -0.139. The highest BCUT2D eigenvalue weighted by Crippen LogP contribution is 2.33. The van der Waals surface area contributed by atoms with Crippen LogP contribution in [-0.4, -0.2) is 34.3 Å². The Morgan fingerprint density at radius 3 is 2.91 bits per heavy atom. The van der Waals surface area contributed by atoms with Crippen molar-refractivity contribution in [2.75, 3.05) is 6.54 Å². The highest BCUT2D eigenvalue weighted by molar-refractivity contribution is 5.85. The average Bonchev–Trinajstić information content (AvgIpc) is 2.54. The Morgan fingerprint density at radius 1 is 1.32 bits per heavy atom. The molecule has 1 fully saturated rings. The largest absolute Gasteiger partial charge is 0.369 e. The Hall–Kier alpha value is -1.91. The van der Waals surface area contributed by atoms with Crippen molar-refractivity contribution in [1.82, 2.24) is 9.88 Å². The maximum absolute atomic E-state index is 13.0. The lowest BCUT2D eigenvalue weighted by Gasteiger charge is -2.39. The number of likely N-dealkylation sites (tertiary alicyclic amines) is 1. The first-order valence-corrected chi connectivity index (χ1v) is 8.11. The molecule has 2 N–H and O–H groups in total. The molecule has 5 nitrogen and oxygen atoms in total. The van der Waals surface area contributed by atoms with Gasteiger partial charge in [0.15, 0.2) is 0 Å². The zero-order chi connectivity index (χ0) is 15.7. The number of primary amides is 1. The summed E-state index contributed by atoms with van der Waals surface area (Å²) in [5.74, 6) is -0.573. The predicted molar refractivity (Wildman–Crippen MR) is 83.0 cm³/mol. The van der Waals surface area contributed by atoms with Gasteiger partial charge in [0.25, 0.3) is 0 Å². The second-order valence-electron chi connectivity index (χ2n) is 6.51. The summed E-state index contributed by atoms with van der Waals surface area (Å²) in [5.41, 5.74) is 7.55. The molecule has 0 spiro atoms. The van der Waals surface area contributed by atoms with E-state index >= 15 is 0 Å². The lowest BCUT2D eigenvalue weighted by Crippen LogP contribution is -2.50. The van der Waals surface area contributed by atoms with Crippen molar-refractivity contribution in [3.05, 3.63) is 29.6 Å². The molecule has 0 aromatic carbocycles. The van der Waals surface area contributed by atoms with Crippen LogP contribution in [0.3, 0.4) is 0 Å². The molecule has 1 aliphatic carbocycles. The average molecular weight is 301 g/mol. The Labute approximate surface area is 130 Å². The van der Waals surface area contributed by atoms with E-state index in [1.54, 1.807) is 6.20 Å². The van der Waals surface area contributed by atoms with E-state index in [0.29, 0.717) is 6.54 Å². The number of hydrogen-bond acceptors (Lipinski definition) is 3. The van der Waals surface area contributed by atoms with Gasteiger partial charge >= 0.3 is 0 Å². The minimum atomic E-state index is -0.299. The smallest absolute Gasteiger partial charge is 0.231 e. The van der Waals surface area contributed by atoms with Gasteiger partial charge in [-0.1, -0.05) is 6.07 Å². The molecule has 3 atom stereocenters. The van der Waals surface area contributed by atoms with Crippen molar-refractivity contribution in [2.45, 2.75) is 51.0 Å². The summed E-state index contributed by atoms with van der Waals surface area (Å²) in [5, 5.41) is 0. The van der Waals surface area contributed by atoms with Gasteiger partial charge in [0, 0.05) is 18.8 Å². The van der Waals surface area contributed by atoms with Crippen molar-refractivity contribution in [3.8, 4) is 0 Å². The van der Waals surface area contributed by atoms with E-state index in [2.05, 4.69) is 18.0 Å². The number of nitrogens with zero attached hydrogens (tertiary/aromatic N) is 2. The van der Waals surface area contributed by atoms with E-state index in [0.717, 1.165) is 37.8 Å². The van der Waals surface area contributed by atoms with Crippen LogP contribution in [0, 0.1) is 5.92 Å². The number of hydrogen-bond donors (Lipinski definition) is 1. The number of aromatic nitrogens is 1. The SMILES string of the molecule is C[C@@H]1CC[C@@H](C(N)=O)CN1C(=O)[C@H]1CCCc2cccnc21.